The van der Waals surface area contributed by atoms with E-state index in [9.17, 15) is 0 Å². The minimum atomic E-state index is -3.63. The molecule has 0 heterocycles. The first-order valence-electron chi connectivity index (χ1n) is 3.03. The predicted octanol–water partition coefficient (Wildman–Crippen LogP) is 0.238. The van der Waals surface area contributed by atoms with Gasteiger partial charge in [-0.15, -0.1) is 0 Å². The normalized spacial score (nSPS) is 9.00. The molecule has 5 heteroatoms. The predicted molar refractivity (Wildman–Crippen MR) is 33.3 cm³/mol. The van der Waals surface area contributed by atoms with E-state index in [1.807, 2.05) is 0 Å². The van der Waals surface area contributed by atoms with Crippen molar-refractivity contribution in [1.29, 1.82) is 0 Å². The molecule has 0 aliphatic carbocycles. The molecule has 0 aromatic heterocycles. The van der Waals surface area contributed by atoms with Crippen molar-refractivity contribution in [3.63, 3.8) is 0 Å². The Morgan fingerprint density at radius 2 is 1.80 bits per heavy atom. The van der Waals surface area contributed by atoms with Crippen molar-refractivity contribution in [1.82, 2.24) is 0 Å². The van der Waals surface area contributed by atoms with Crippen LogP contribution < -0.4 is 9.79 Å². The molecule has 0 atom stereocenters. The van der Waals surface area contributed by atoms with Crippen molar-refractivity contribution >= 4 is 8.25 Å². The van der Waals surface area contributed by atoms with Gasteiger partial charge < -0.3 is 14.4 Å². The molecule has 0 aliphatic heterocycles. The summed E-state index contributed by atoms with van der Waals surface area (Å²) in [5.41, 5.74) is 0. The summed E-state index contributed by atoms with van der Waals surface area (Å²) in [6.07, 6.45) is 3.81. The van der Waals surface area contributed by atoms with Crippen molar-refractivity contribution in [2.75, 3.05) is 0 Å². The number of hydrogen-bond donors (Lipinski definition) is 0. The van der Waals surface area contributed by atoms with Crippen LogP contribution in [0.1, 0.15) is 26.2 Å². The van der Waals surface area contributed by atoms with Crippen molar-refractivity contribution in [3.8, 4) is 0 Å². The van der Waals surface area contributed by atoms with Gasteiger partial charge in [-0.05, 0) is 0 Å². The van der Waals surface area contributed by atoms with E-state index in [0.717, 1.165) is 5.32 Å². The monoisotopic (exact) mass is 214 g/mol. The second-order valence-corrected chi connectivity index (χ2v) is 2.58. The van der Waals surface area contributed by atoms with Gasteiger partial charge in [-0.25, -0.2) is 0 Å². The Bertz CT molecular complexity index is 71.3. The molecule has 0 radical (unpaired) electrons. The molecule has 0 amide bonds. The summed E-state index contributed by atoms with van der Waals surface area (Å²) < 4.78 is 8.52. The Labute approximate surface area is 70.6 Å². The van der Waals surface area contributed by atoms with Gasteiger partial charge in [0.2, 0.25) is 0 Å². The van der Waals surface area contributed by atoms with Crippen LogP contribution in [0.2, 0.25) is 5.32 Å². The van der Waals surface area contributed by atoms with Gasteiger partial charge in [0.1, 0.15) is 0 Å². The molecule has 0 aromatic rings. The van der Waals surface area contributed by atoms with Crippen molar-refractivity contribution in [2.45, 2.75) is 31.5 Å². The summed E-state index contributed by atoms with van der Waals surface area (Å²) in [5.74, 6) is 0. The maximum atomic E-state index is 8.52. The molecule has 3 nitrogen and oxygen atoms in total. The number of hydrogen-bond acceptors (Lipinski definition) is 3. The molecular weight excluding hydrogens is 203 g/mol. The molecule has 0 saturated carbocycles. The zero-order valence-electron chi connectivity index (χ0n) is 5.85. The SMILES string of the molecule is CCCC[CH2][Cu+2].O=[PH]([O-])[O-]. The van der Waals surface area contributed by atoms with Crippen LogP contribution in [-0.4, -0.2) is 0 Å². The Hall–Kier alpha value is 0.669. The van der Waals surface area contributed by atoms with Gasteiger partial charge in [0.05, 0.1) is 0 Å². The van der Waals surface area contributed by atoms with Gasteiger partial charge in [-0.2, -0.15) is 0 Å². The topological polar surface area (TPSA) is 63.2 Å². The van der Waals surface area contributed by atoms with E-state index in [0.29, 0.717) is 0 Å². The summed E-state index contributed by atoms with van der Waals surface area (Å²) in [6, 6.07) is 0. The standard InChI is InChI=1S/C5H11.Cu.H3O3P/c1-3-5-4-2;;1-4(2)3/h1,3-5H2,2H3;;4H,(H2,1,2,3)/q;+2;/p-2. The van der Waals surface area contributed by atoms with Gasteiger partial charge in [-0.3, -0.25) is 0 Å². The summed E-state index contributed by atoms with van der Waals surface area (Å²) in [6.45, 7) is 2.18. The van der Waals surface area contributed by atoms with E-state index >= 15 is 0 Å². The smallest absolute Gasteiger partial charge is 0.0813 e. The molecule has 66 valence electrons. The molecule has 0 aliphatic rings. The third-order valence-electron chi connectivity index (χ3n) is 0.710. The molecule has 0 fully saturated rings. The molecule has 0 saturated heterocycles. The first kappa shape index (κ1) is 13.3. The van der Waals surface area contributed by atoms with Crippen molar-refractivity contribution in [2.24, 2.45) is 0 Å². The average molecular weight is 215 g/mol. The quantitative estimate of drug-likeness (QED) is 0.384. The zero-order chi connectivity index (χ0) is 8.41. The fourth-order valence-electron chi connectivity index (χ4n) is 0.325. The van der Waals surface area contributed by atoms with Gasteiger partial charge >= 0.3 is 47.5 Å². The maximum absolute atomic E-state index is 8.52. The Balaban J connectivity index is 0. The minimum Gasteiger partial charge on any atom is -0.813 e. The van der Waals surface area contributed by atoms with Crippen molar-refractivity contribution < 1.29 is 30.4 Å². The minimum absolute atomic E-state index is 0.918. The summed E-state index contributed by atoms with van der Waals surface area (Å²) in [5, 5.41) is 0.918. The van der Waals surface area contributed by atoms with Crippen LogP contribution in [0.25, 0.3) is 0 Å². The average Bonchev–Trinajstić information content (AvgIpc) is 1.82. The van der Waals surface area contributed by atoms with Crippen LogP contribution in [0.5, 0.6) is 0 Å². The second kappa shape index (κ2) is 12.4. The Morgan fingerprint density at radius 3 is 1.90 bits per heavy atom. The van der Waals surface area contributed by atoms with Gasteiger partial charge in [0.25, 0.3) is 0 Å². The molecule has 0 unspecified atom stereocenters. The van der Waals surface area contributed by atoms with E-state index in [4.69, 9.17) is 30.4 Å². The summed E-state index contributed by atoms with van der Waals surface area (Å²) >= 11 is 4.84. The molecule has 0 spiro atoms. The molecule has 0 N–H and O–H groups in total. The molecular formula is C5H12CuO3P. The first-order valence-corrected chi connectivity index (χ1v) is 4.92. The third kappa shape index (κ3) is 37.9. The van der Waals surface area contributed by atoms with E-state index < -0.39 is 8.25 Å². The molecule has 0 aromatic carbocycles. The largest absolute Gasteiger partial charge is 0.813 e. The van der Waals surface area contributed by atoms with E-state index in [1.54, 1.807) is 0 Å². The van der Waals surface area contributed by atoms with Gasteiger partial charge in [0, 0.05) is 0 Å². The van der Waals surface area contributed by atoms with Gasteiger partial charge in [-0.1, -0.05) is 8.25 Å². The van der Waals surface area contributed by atoms with Crippen LogP contribution in [0.4, 0.5) is 0 Å². The summed E-state index contributed by atoms with van der Waals surface area (Å²) in [7, 11) is -3.63. The Morgan fingerprint density at radius 1 is 1.40 bits per heavy atom. The van der Waals surface area contributed by atoms with Gasteiger partial charge in [0.15, 0.2) is 0 Å². The Kier molecular flexibility index (Phi) is 16.4. The third-order valence-corrected chi connectivity index (χ3v) is 1.04. The number of unbranched alkanes of at least 4 members (excludes halogenated alkanes) is 2. The van der Waals surface area contributed by atoms with Crippen LogP contribution in [0, 0.1) is 0 Å². The molecule has 0 bridgehead atoms. The number of rotatable bonds is 3. The molecule has 0 rings (SSSR count). The molecule has 10 heavy (non-hydrogen) atoms. The van der Waals surface area contributed by atoms with Crippen LogP contribution >= 0.6 is 8.25 Å². The van der Waals surface area contributed by atoms with Crippen LogP contribution in [0.15, 0.2) is 0 Å². The second-order valence-electron chi connectivity index (χ2n) is 1.61. The summed E-state index contributed by atoms with van der Waals surface area (Å²) in [4.78, 5) is 17.0. The van der Waals surface area contributed by atoms with E-state index in [2.05, 4.69) is 6.92 Å². The maximum Gasteiger partial charge on any atom is -0.0813 e. The fraction of sp³-hybridized carbons (Fsp3) is 1.00. The zero-order valence-corrected chi connectivity index (χ0v) is 7.80. The van der Waals surface area contributed by atoms with Crippen molar-refractivity contribution in [3.05, 3.63) is 0 Å². The van der Waals surface area contributed by atoms with Crippen LogP contribution in [-0.2, 0) is 20.6 Å². The first-order chi connectivity index (χ1) is 4.65. The van der Waals surface area contributed by atoms with E-state index in [1.165, 1.54) is 19.3 Å². The fourth-order valence-corrected chi connectivity index (χ4v) is 0.561. The van der Waals surface area contributed by atoms with Crippen LogP contribution in [0.3, 0.4) is 0 Å². The van der Waals surface area contributed by atoms with E-state index in [-0.39, 0.29) is 0 Å².